The maximum absolute atomic E-state index is 12.6. The third kappa shape index (κ3) is 6.18. The van der Waals surface area contributed by atoms with Crippen molar-refractivity contribution < 1.29 is 19.2 Å². The van der Waals surface area contributed by atoms with Gasteiger partial charge in [-0.3, -0.25) is 14.9 Å². The average Bonchev–Trinajstić information content (AvgIpc) is 2.83. The first-order chi connectivity index (χ1) is 15.9. The van der Waals surface area contributed by atoms with Gasteiger partial charge in [-0.05, 0) is 55.0 Å². The van der Waals surface area contributed by atoms with Gasteiger partial charge >= 0.3 is 0 Å². The summed E-state index contributed by atoms with van der Waals surface area (Å²) in [5.74, 6) is 0.385. The van der Waals surface area contributed by atoms with Gasteiger partial charge in [0.15, 0.2) is 0 Å². The molecule has 8 nitrogen and oxygen atoms in total. The topological polar surface area (TPSA) is 114 Å². The lowest BCUT2D eigenvalue weighted by atomic mass is 10.1. The predicted molar refractivity (Wildman–Crippen MR) is 124 cm³/mol. The van der Waals surface area contributed by atoms with E-state index < -0.39 is 10.8 Å². The smallest absolute Gasteiger partial charge is 0.269 e. The van der Waals surface area contributed by atoms with Crippen molar-refractivity contribution in [2.45, 2.75) is 13.5 Å². The van der Waals surface area contributed by atoms with Crippen LogP contribution in [-0.2, 0) is 11.4 Å². The van der Waals surface area contributed by atoms with Crippen LogP contribution in [0.5, 0.6) is 11.5 Å². The minimum atomic E-state index is -0.543. The average molecular weight is 443 g/mol. The number of nitro groups is 1. The van der Waals surface area contributed by atoms with Gasteiger partial charge in [-0.1, -0.05) is 17.7 Å². The van der Waals surface area contributed by atoms with E-state index in [0.29, 0.717) is 22.7 Å². The molecule has 1 N–H and O–H groups in total. The van der Waals surface area contributed by atoms with Gasteiger partial charge in [0, 0.05) is 29.4 Å². The number of methoxy groups -OCH3 is 1. The van der Waals surface area contributed by atoms with Crippen molar-refractivity contribution >= 4 is 23.4 Å². The highest BCUT2D eigenvalue weighted by Gasteiger charge is 2.13. The lowest BCUT2D eigenvalue weighted by molar-refractivity contribution is -0.384. The summed E-state index contributed by atoms with van der Waals surface area (Å²) in [6.07, 6.45) is 1.44. The number of hydrogen-bond acceptors (Lipinski definition) is 6. The second kappa shape index (κ2) is 10.6. The van der Waals surface area contributed by atoms with E-state index in [4.69, 9.17) is 9.47 Å². The number of nitriles is 1. The van der Waals surface area contributed by atoms with Gasteiger partial charge in [-0.2, -0.15) is 5.26 Å². The predicted octanol–water partition coefficient (Wildman–Crippen LogP) is 5.04. The first-order valence-electron chi connectivity index (χ1n) is 9.93. The molecule has 8 heteroatoms. The molecule has 0 aliphatic carbocycles. The second-order valence-electron chi connectivity index (χ2n) is 7.11. The summed E-state index contributed by atoms with van der Waals surface area (Å²) in [6.45, 7) is 2.07. The fraction of sp³-hybridized carbons (Fsp3) is 0.120. The fourth-order valence-electron chi connectivity index (χ4n) is 2.90. The quantitative estimate of drug-likeness (QED) is 0.226. The molecule has 3 aromatic carbocycles. The van der Waals surface area contributed by atoms with E-state index in [9.17, 15) is 20.2 Å². The number of non-ortho nitro benzene ring substituents is 1. The summed E-state index contributed by atoms with van der Waals surface area (Å²) in [5, 5.41) is 23.1. The third-order valence-electron chi connectivity index (χ3n) is 4.74. The van der Waals surface area contributed by atoms with Gasteiger partial charge in [-0.25, -0.2) is 0 Å². The number of carbonyl (C=O) groups excluding carboxylic acids is 1. The van der Waals surface area contributed by atoms with E-state index in [1.807, 2.05) is 25.1 Å². The number of benzene rings is 3. The number of nitro benzene ring substituents is 1. The lowest BCUT2D eigenvalue weighted by Crippen LogP contribution is -2.13. The van der Waals surface area contributed by atoms with Gasteiger partial charge in [0.1, 0.15) is 29.7 Å². The van der Waals surface area contributed by atoms with Crippen molar-refractivity contribution in [3.05, 3.63) is 99.1 Å². The normalized spacial score (nSPS) is 10.8. The standard InChI is InChI=1S/C25H21N3O5/c1-17-3-8-21(9-4-17)27-25(29)20(15-26)13-19-7-12-23(32-2)14-24(19)33-16-18-5-10-22(11-6-18)28(30)31/h3-14H,16H2,1-2H3,(H,27,29)/b20-13+. The zero-order chi connectivity index (χ0) is 23.8. The van der Waals surface area contributed by atoms with Gasteiger partial charge in [0.25, 0.3) is 11.6 Å². The van der Waals surface area contributed by atoms with Crippen LogP contribution in [-0.4, -0.2) is 17.9 Å². The fourth-order valence-corrected chi connectivity index (χ4v) is 2.90. The molecule has 3 rings (SSSR count). The molecule has 1 amide bonds. The first kappa shape index (κ1) is 23.0. The second-order valence-corrected chi connectivity index (χ2v) is 7.11. The van der Waals surface area contributed by atoms with Crippen LogP contribution in [0.1, 0.15) is 16.7 Å². The summed E-state index contributed by atoms with van der Waals surface area (Å²) >= 11 is 0. The van der Waals surface area contributed by atoms with Crippen molar-refractivity contribution in [2.75, 3.05) is 12.4 Å². The highest BCUT2D eigenvalue weighted by Crippen LogP contribution is 2.28. The van der Waals surface area contributed by atoms with Crippen molar-refractivity contribution in [1.29, 1.82) is 5.26 Å². The number of hydrogen-bond donors (Lipinski definition) is 1. The molecule has 0 radical (unpaired) electrons. The minimum Gasteiger partial charge on any atom is -0.497 e. The maximum atomic E-state index is 12.6. The maximum Gasteiger partial charge on any atom is 0.269 e. The SMILES string of the molecule is COc1ccc(/C=C(\C#N)C(=O)Nc2ccc(C)cc2)c(OCc2ccc([N+](=O)[O-])cc2)c1. The van der Waals surface area contributed by atoms with E-state index in [2.05, 4.69) is 5.32 Å². The van der Waals surface area contributed by atoms with Crippen LogP contribution in [0, 0.1) is 28.4 Å². The Labute approximate surface area is 190 Å². The lowest BCUT2D eigenvalue weighted by Gasteiger charge is -2.12. The van der Waals surface area contributed by atoms with Crippen molar-refractivity contribution in [3.63, 3.8) is 0 Å². The first-order valence-corrected chi connectivity index (χ1v) is 9.93. The third-order valence-corrected chi connectivity index (χ3v) is 4.74. The van der Waals surface area contributed by atoms with Crippen LogP contribution in [0.15, 0.2) is 72.3 Å². The molecular formula is C25H21N3O5. The molecular weight excluding hydrogens is 422 g/mol. The molecule has 0 aromatic heterocycles. The molecule has 0 aliphatic heterocycles. The number of anilines is 1. The molecule has 0 bridgehead atoms. The molecule has 166 valence electrons. The van der Waals surface area contributed by atoms with Crippen molar-refractivity contribution in [1.82, 2.24) is 0 Å². The minimum absolute atomic E-state index is 0.0120. The molecule has 0 saturated carbocycles. The zero-order valence-electron chi connectivity index (χ0n) is 18.1. The number of aryl methyl sites for hydroxylation is 1. The molecule has 0 spiro atoms. The summed E-state index contributed by atoms with van der Waals surface area (Å²) in [4.78, 5) is 23.0. The van der Waals surface area contributed by atoms with Crippen molar-refractivity contribution in [2.24, 2.45) is 0 Å². The number of rotatable bonds is 8. The van der Waals surface area contributed by atoms with Crippen LogP contribution >= 0.6 is 0 Å². The van der Waals surface area contributed by atoms with Crippen LogP contribution in [0.4, 0.5) is 11.4 Å². The highest BCUT2D eigenvalue weighted by atomic mass is 16.6. The Morgan fingerprint density at radius 2 is 1.82 bits per heavy atom. The van der Waals surface area contributed by atoms with Crippen LogP contribution in [0.2, 0.25) is 0 Å². The number of ether oxygens (including phenoxy) is 2. The monoisotopic (exact) mass is 443 g/mol. The Bertz CT molecular complexity index is 1230. The number of nitrogens with zero attached hydrogens (tertiary/aromatic N) is 2. The summed E-state index contributed by atoms with van der Waals surface area (Å²) < 4.78 is 11.1. The van der Waals surface area contributed by atoms with Gasteiger partial charge in [-0.15, -0.1) is 0 Å². The molecule has 0 aliphatic rings. The van der Waals surface area contributed by atoms with Crippen molar-refractivity contribution in [3.8, 4) is 17.6 Å². The number of amides is 1. The van der Waals surface area contributed by atoms with Crippen LogP contribution in [0.3, 0.4) is 0 Å². The molecule has 0 saturated heterocycles. The number of carbonyl (C=O) groups is 1. The molecule has 0 fully saturated rings. The van der Waals surface area contributed by atoms with Gasteiger partial charge in [0.05, 0.1) is 12.0 Å². The zero-order valence-corrected chi connectivity index (χ0v) is 18.1. The summed E-state index contributed by atoms with van der Waals surface area (Å²) in [6, 6.07) is 20.2. The summed E-state index contributed by atoms with van der Waals surface area (Å²) in [5.41, 5.74) is 2.75. The van der Waals surface area contributed by atoms with E-state index in [1.54, 1.807) is 42.5 Å². The molecule has 33 heavy (non-hydrogen) atoms. The van der Waals surface area contributed by atoms with E-state index in [-0.39, 0.29) is 17.9 Å². The van der Waals surface area contributed by atoms with E-state index in [1.165, 1.54) is 25.3 Å². The Morgan fingerprint density at radius 3 is 2.42 bits per heavy atom. The summed E-state index contributed by atoms with van der Waals surface area (Å²) in [7, 11) is 1.51. The van der Waals surface area contributed by atoms with Crippen LogP contribution < -0.4 is 14.8 Å². The largest absolute Gasteiger partial charge is 0.497 e. The molecule has 0 unspecified atom stereocenters. The number of nitrogens with one attached hydrogen (secondary N) is 1. The van der Waals surface area contributed by atoms with E-state index >= 15 is 0 Å². The molecule has 0 atom stereocenters. The van der Waals surface area contributed by atoms with Gasteiger partial charge < -0.3 is 14.8 Å². The molecule has 3 aromatic rings. The Kier molecular flexibility index (Phi) is 7.39. The Hall–Kier alpha value is -4.64. The highest BCUT2D eigenvalue weighted by molar-refractivity contribution is 6.09. The molecule has 0 heterocycles. The van der Waals surface area contributed by atoms with Gasteiger partial charge in [0.2, 0.25) is 0 Å². The Balaban J connectivity index is 1.82. The van der Waals surface area contributed by atoms with Crippen LogP contribution in [0.25, 0.3) is 6.08 Å². The Morgan fingerprint density at radius 1 is 1.12 bits per heavy atom. The van der Waals surface area contributed by atoms with E-state index in [0.717, 1.165) is 11.1 Å².